The lowest BCUT2D eigenvalue weighted by Gasteiger charge is -2.08. The predicted molar refractivity (Wildman–Crippen MR) is 72.4 cm³/mol. The zero-order valence-electron chi connectivity index (χ0n) is 9.66. The highest BCUT2D eigenvalue weighted by Gasteiger charge is 2.25. The van der Waals surface area contributed by atoms with Gasteiger partial charge in [-0.1, -0.05) is 0 Å². The molecule has 0 unspecified atom stereocenters. The van der Waals surface area contributed by atoms with Gasteiger partial charge >= 0.3 is 0 Å². The molecule has 1 heterocycles. The quantitative estimate of drug-likeness (QED) is 0.876. The zero-order chi connectivity index (χ0) is 14.9. The molecule has 108 valence electrons. The van der Waals surface area contributed by atoms with Crippen molar-refractivity contribution in [3.8, 4) is 0 Å². The van der Waals surface area contributed by atoms with Crippen LogP contribution in [0.15, 0.2) is 32.9 Å². The molecular formula is C11H7BrF3NO2S2. The highest BCUT2D eigenvalue weighted by atomic mass is 79.9. The largest absolute Gasteiger partial charge is 0.246 e. The van der Waals surface area contributed by atoms with Crippen molar-refractivity contribution in [1.29, 1.82) is 0 Å². The van der Waals surface area contributed by atoms with Crippen molar-refractivity contribution in [2.45, 2.75) is 11.4 Å². The first-order valence-corrected chi connectivity index (χ1v) is 8.33. The van der Waals surface area contributed by atoms with Crippen LogP contribution in [-0.4, -0.2) is 8.42 Å². The van der Waals surface area contributed by atoms with E-state index in [-0.39, 0.29) is 6.54 Å². The maximum absolute atomic E-state index is 13.4. The molecule has 9 heteroatoms. The summed E-state index contributed by atoms with van der Waals surface area (Å²) in [4.78, 5) is -0.539. The van der Waals surface area contributed by atoms with Crippen LogP contribution < -0.4 is 4.72 Å². The molecule has 0 fully saturated rings. The number of sulfonamides is 1. The van der Waals surface area contributed by atoms with E-state index in [0.717, 1.165) is 0 Å². The highest BCUT2D eigenvalue weighted by Crippen LogP contribution is 2.24. The summed E-state index contributed by atoms with van der Waals surface area (Å²) in [6.07, 6.45) is 0. The molecule has 0 bridgehead atoms. The summed E-state index contributed by atoms with van der Waals surface area (Å²) in [5.74, 6) is -4.12. The van der Waals surface area contributed by atoms with Crippen molar-refractivity contribution < 1.29 is 21.6 Å². The first-order chi connectivity index (χ1) is 9.31. The normalized spacial score (nSPS) is 11.8. The van der Waals surface area contributed by atoms with Gasteiger partial charge in [-0.2, -0.15) is 0 Å². The molecule has 2 aromatic rings. The molecule has 0 spiro atoms. The molecule has 1 aromatic heterocycles. The lowest BCUT2D eigenvalue weighted by molar-refractivity contribution is 0.494. The average molecular weight is 386 g/mol. The summed E-state index contributed by atoms with van der Waals surface area (Å²) in [6, 6.07) is 2.35. The molecule has 0 saturated carbocycles. The van der Waals surface area contributed by atoms with E-state index in [1.54, 1.807) is 11.4 Å². The minimum atomic E-state index is -4.41. The lowest BCUT2D eigenvalue weighted by Crippen LogP contribution is -2.25. The smallest absolute Gasteiger partial charge is 0.207 e. The molecular weight excluding hydrogens is 379 g/mol. The number of halogens is 4. The Hall–Kier alpha value is -0.900. The van der Waals surface area contributed by atoms with Gasteiger partial charge in [0.05, 0.1) is 0 Å². The van der Waals surface area contributed by atoms with E-state index >= 15 is 0 Å². The summed E-state index contributed by atoms with van der Waals surface area (Å²) in [6.45, 7) is -0.128. The van der Waals surface area contributed by atoms with Gasteiger partial charge in [-0.05, 0) is 27.4 Å². The fraction of sp³-hybridized carbons (Fsp3) is 0.0909. The van der Waals surface area contributed by atoms with Gasteiger partial charge < -0.3 is 0 Å². The monoisotopic (exact) mass is 385 g/mol. The molecule has 20 heavy (non-hydrogen) atoms. The Bertz CT molecular complexity index is 723. The molecule has 0 aliphatic heterocycles. The van der Waals surface area contributed by atoms with Gasteiger partial charge in [0.25, 0.3) is 0 Å². The maximum atomic E-state index is 13.4. The van der Waals surface area contributed by atoms with Crippen LogP contribution in [-0.2, 0) is 16.6 Å². The van der Waals surface area contributed by atoms with Crippen LogP contribution in [0.4, 0.5) is 13.2 Å². The summed E-state index contributed by atoms with van der Waals surface area (Å²) in [7, 11) is -4.41. The standard InChI is InChI=1S/C11H7BrF3NO2S2/c12-7-1-2-19-10(7)5-16-20(17,18)11-8(14)3-6(13)4-9(11)15/h1-4,16H,5H2. The van der Waals surface area contributed by atoms with Crippen LogP contribution in [0.3, 0.4) is 0 Å². The van der Waals surface area contributed by atoms with Gasteiger partial charge in [-0.3, -0.25) is 0 Å². The van der Waals surface area contributed by atoms with Crippen molar-refractivity contribution in [3.63, 3.8) is 0 Å². The first kappa shape index (κ1) is 15.5. The van der Waals surface area contributed by atoms with Crippen LogP contribution in [0.25, 0.3) is 0 Å². The molecule has 0 aliphatic carbocycles. The molecule has 0 saturated heterocycles. The van der Waals surface area contributed by atoms with Crippen molar-refractivity contribution in [2.75, 3.05) is 0 Å². The van der Waals surface area contributed by atoms with Gasteiger partial charge in [-0.15, -0.1) is 11.3 Å². The maximum Gasteiger partial charge on any atom is 0.246 e. The fourth-order valence-corrected chi connectivity index (χ4v) is 4.10. The Morgan fingerprint density at radius 2 is 1.80 bits per heavy atom. The molecule has 3 nitrogen and oxygen atoms in total. The molecule has 2 rings (SSSR count). The summed E-state index contributed by atoms with van der Waals surface area (Å²) < 4.78 is 66.1. The van der Waals surface area contributed by atoms with Crippen LogP contribution in [0, 0.1) is 17.5 Å². The number of hydrogen-bond donors (Lipinski definition) is 1. The molecule has 0 aliphatic rings. The van der Waals surface area contributed by atoms with Crippen molar-refractivity contribution >= 4 is 37.3 Å². The van der Waals surface area contributed by atoms with E-state index in [9.17, 15) is 21.6 Å². The molecule has 0 atom stereocenters. The second-order valence-corrected chi connectivity index (χ2v) is 7.27. The minimum Gasteiger partial charge on any atom is -0.207 e. The lowest BCUT2D eigenvalue weighted by atomic mass is 10.3. The number of rotatable bonds is 4. The Kier molecular flexibility index (Phi) is 4.52. The van der Waals surface area contributed by atoms with E-state index in [1.165, 1.54) is 11.3 Å². The third-order valence-electron chi connectivity index (χ3n) is 2.35. The SMILES string of the molecule is O=S(=O)(NCc1sccc1Br)c1c(F)cc(F)cc1F. The fourth-order valence-electron chi connectivity index (χ4n) is 1.47. The number of thiophene rings is 1. The molecule has 0 radical (unpaired) electrons. The van der Waals surface area contributed by atoms with Crippen LogP contribution in [0.5, 0.6) is 0 Å². The Morgan fingerprint density at radius 3 is 2.30 bits per heavy atom. The van der Waals surface area contributed by atoms with Crippen LogP contribution in [0.1, 0.15) is 4.88 Å². The summed E-state index contributed by atoms with van der Waals surface area (Å²) in [5.41, 5.74) is 0. The van der Waals surface area contributed by atoms with E-state index in [1.807, 2.05) is 0 Å². The average Bonchev–Trinajstić information content (AvgIpc) is 2.70. The van der Waals surface area contributed by atoms with Crippen LogP contribution in [0.2, 0.25) is 0 Å². The van der Waals surface area contributed by atoms with Gasteiger partial charge in [0.15, 0.2) is 4.90 Å². The third-order valence-corrected chi connectivity index (χ3v) is 5.72. The van der Waals surface area contributed by atoms with E-state index in [2.05, 4.69) is 20.7 Å². The topological polar surface area (TPSA) is 46.2 Å². The molecule has 1 N–H and O–H groups in total. The first-order valence-electron chi connectivity index (χ1n) is 5.17. The van der Waals surface area contributed by atoms with E-state index in [0.29, 0.717) is 21.5 Å². The zero-order valence-corrected chi connectivity index (χ0v) is 12.9. The highest BCUT2D eigenvalue weighted by molar-refractivity contribution is 9.10. The van der Waals surface area contributed by atoms with Crippen molar-refractivity contribution in [3.05, 3.63) is 50.4 Å². The third kappa shape index (κ3) is 3.22. The second-order valence-electron chi connectivity index (χ2n) is 3.71. The number of nitrogens with one attached hydrogen (secondary N) is 1. The molecule has 0 amide bonds. The van der Waals surface area contributed by atoms with E-state index < -0.39 is 32.4 Å². The molecule has 1 aromatic carbocycles. The van der Waals surface area contributed by atoms with Gasteiger partial charge in [-0.25, -0.2) is 26.3 Å². The van der Waals surface area contributed by atoms with Crippen LogP contribution >= 0.6 is 27.3 Å². The summed E-state index contributed by atoms with van der Waals surface area (Å²) in [5, 5.41) is 1.73. The number of benzene rings is 1. The van der Waals surface area contributed by atoms with Crippen molar-refractivity contribution in [2.24, 2.45) is 0 Å². The van der Waals surface area contributed by atoms with Crippen molar-refractivity contribution in [1.82, 2.24) is 4.72 Å². The minimum absolute atomic E-state index is 0.128. The number of hydrogen-bond acceptors (Lipinski definition) is 3. The Balaban J connectivity index is 2.30. The Labute approximate surface area is 125 Å². The van der Waals surface area contributed by atoms with Gasteiger partial charge in [0.2, 0.25) is 10.0 Å². The predicted octanol–water partition coefficient (Wildman–Crippen LogP) is 3.41. The second kappa shape index (κ2) is 5.84. The van der Waals surface area contributed by atoms with Gasteiger partial charge in [0, 0.05) is 28.0 Å². The summed E-state index contributed by atoms with van der Waals surface area (Å²) >= 11 is 4.48. The Morgan fingerprint density at radius 1 is 1.20 bits per heavy atom. The van der Waals surface area contributed by atoms with Gasteiger partial charge in [0.1, 0.15) is 17.5 Å². The van der Waals surface area contributed by atoms with E-state index in [4.69, 9.17) is 0 Å².